The Morgan fingerprint density at radius 3 is 1.61 bits per heavy atom. The molecule has 1 rings (SSSR count). The van der Waals surface area contributed by atoms with Crippen LogP contribution in [-0.4, -0.2) is 17.3 Å². The van der Waals surface area contributed by atoms with E-state index in [0.29, 0.717) is 17.6 Å². The number of aliphatic hydroxyl groups excluding tert-OH is 1. The molecule has 0 fully saturated rings. The Labute approximate surface area is 142 Å². The van der Waals surface area contributed by atoms with Crippen molar-refractivity contribution in [3.05, 3.63) is 29.8 Å². The van der Waals surface area contributed by atoms with Gasteiger partial charge in [0, 0.05) is 49.2 Å². The Morgan fingerprint density at radius 1 is 0.889 bits per heavy atom. The van der Waals surface area contributed by atoms with E-state index >= 15 is 0 Å². The Morgan fingerprint density at radius 2 is 1.28 bits per heavy atom. The van der Waals surface area contributed by atoms with Crippen molar-refractivity contribution in [1.82, 2.24) is 0 Å². The fourth-order valence-electron chi connectivity index (χ4n) is 1.23. The summed E-state index contributed by atoms with van der Waals surface area (Å²) >= 11 is 0. The van der Waals surface area contributed by atoms with Gasteiger partial charge in [-0.2, -0.15) is 0 Å². The molecule has 0 aromatic heterocycles. The zero-order valence-electron chi connectivity index (χ0n) is 10.2. The summed E-state index contributed by atoms with van der Waals surface area (Å²) in [5, 5.41) is 16.5. The van der Waals surface area contributed by atoms with E-state index in [1.807, 2.05) is 18.2 Å². The first-order chi connectivity index (χ1) is 6.63. The van der Waals surface area contributed by atoms with Gasteiger partial charge >= 0.3 is 0 Å². The van der Waals surface area contributed by atoms with Crippen LogP contribution in [0.5, 0.6) is 5.75 Å². The molecule has 108 valence electrons. The van der Waals surface area contributed by atoms with Gasteiger partial charge in [-0.1, -0.05) is 53.8 Å². The minimum Gasteiger partial charge on any atom is -0.508 e. The first-order valence-electron chi connectivity index (χ1n) is 4.85. The maximum atomic E-state index is 9.53. The van der Waals surface area contributed by atoms with Crippen molar-refractivity contribution in [2.45, 2.75) is 41.5 Å². The van der Waals surface area contributed by atoms with Crippen molar-refractivity contribution >= 4 is 0 Å². The van der Waals surface area contributed by atoms with Gasteiger partial charge in [-0.15, -0.1) is 0 Å². The SMILES string of the molecule is C.C.CC(C)C(C)c1ccccc1O.CO.[W].[W]. The number of para-hydroxylation sites is 1. The van der Waals surface area contributed by atoms with Crippen LogP contribution >= 0.6 is 0 Å². The molecule has 0 saturated carbocycles. The van der Waals surface area contributed by atoms with Gasteiger partial charge < -0.3 is 10.2 Å². The van der Waals surface area contributed by atoms with Crippen LogP contribution in [-0.2, 0) is 42.1 Å². The zero-order chi connectivity index (χ0) is 11.1. The second-order valence-corrected chi connectivity index (χ2v) is 3.59. The molecule has 1 aromatic carbocycles. The fourth-order valence-corrected chi connectivity index (χ4v) is 1.23. The van der Waals surface area contributed by atoms with Crippen molar-refractivity contribution in [1.29, 1.82) is 0 Å². The third-order valence-electron chi connectivity index (χ3n) is 2.43. The van der Waals surface area contributed by atoms with Crippen LogP contribution in [0.2, 0.25) is 0 Å². The van der Waals surface area contributed by atoms with Gasteiger partial charge in [0.1, 0.15) is 5.75 Å². The van der Waals surface area contributed by atoms with Crippen LogP contribution < -0.4 is 0 Å². The third kappa shape index (κ3) is 10.3. The molecule has 0 aliphatic rings. The van der Waals surface area contributed by atoms with Crippen LogP contribution in [0.4, 0.5) is 0 Å². The third-order valence-corrected chi connectivity index (χ3v) is 2.43. The van der Waals surface area contributed by atoms with Crippen molar-refractivity contribution < 1.29 is 52.3 Å². The quantitative estimate of drug-likeness (QED) is 0.542. The number of aliphatic hydroxyl groups is 1. The number of aromatic hydroxyl groups is 1. The second-order valence-electron chi connectivity index (χ2n) is 3.59. The van der Waals surface area contributed by atoms with Gasteiger partial charge in [-0.25, -0.2) is 0 Å². The molecule has 2 nitrogen and oxygen atoms in total. The number of phenols is 1. The molecule has 0 spiro atoms. The Hall–Kier alpha value is 0.357. The summed E-state index contributed by atoms with van der Waals surface area (Å²) in [6.45, 7) is 6.47. The van der Waals surface area contributed by atoms with Crippen molar-refractivity contribution in [2.75, 3.05) is 7.11 Å². The minimum atomic E-state index is 0. The van der Waals surface area contributed by atoms with E-state index in [9.17, 15) is 5.11 Å². The molecular weight excluding hydrogens is 568 g/mol. The summed E-state index contributed by atoms with van der Waals surface area (Å²) in [5.74, 6) is 1.41. The molecule has 1 atom stereocenters. The van der Waals surface area contributed by atoms with E-state index in [1.165, 1.54) is 0 Å². The van der Waals surface area contributed by atoms with Crippen LogP contribution in [0.25, 0.3) is 0 Å². The van der Waals surface area contributed by atoms with Gasteiger partial charge in [0.15, 0.2) is 0 Å². The van der Waals surface area contributed by atoms with Gasteiger partial charge in [-0.05, 0) is 23.5 Å². The van der Waals surface area contributed by atoms with Gasteiger partial charge in [-0.3, -0.25) is 0 Å². The number of benzene rings is 1. The van der Waals surface area contributed by atoms with E-state index in [2.05, 4.69) is 20.8 Å². The topological polar surface area (TPSA) is 40.5 Å². The molecule has 0 aliphatic carbocycles. The maximum Gasteiger partial charge on any atom is 0.119 e. The van der Waals surface area contributed by atoms with Crippen LogP contribution in [0.15, 0.2) is 24.3 Å². The normalized spacial score (nSPS) is 9.22. The number of hydrogen-bond donors (Lipinski definition) is 2. The molecule has 0 bridgehead atoms. The molecular formula is C14H28O2W2. The summed E-state index contributed by atoms with van der Waals surface area (Å²) in [6, 6.07) is 7.55. The maximum absolute atomic E-state index is 9.53. The molecule has 0 saturated heterocycles. The van der Waals surface area contributed by atoms with E-state index in [4.69, 9.17) is 5.11 Å². The van der Waals surface area contributed by atoms with Crippen molar-refractivity contribution in [3.63, 3.8) is 0 Å². The predicted molar refractivity (Wildman–Crippen MR) is 73.0 cm³/mol. The largest absolute Gasteiger partial charge is 0.508 e. The second kappa shape index (κ2) is 17.4. The smallest absolute Gasteiger partial charge is 0.119 e. The average molecular weight is 596 g/mol. The average Bonchev–Trinajstić information content (AvgIpc) is 2.20. The first kappa shape index (κ1) is 31.0. The zero-order valence-corrected chi connectivity index (χ0v) is 16.0. The number of rotatable bonds is 2. The molecule has 4 heteroatoms. The summed E-state index contributed by atoms with van der Waals surface area (Å²) in [4.78, 5) is 0. The molecule has 0 radical (unpaired) electrons. The Balaban J connectivity index is -0.0000000894. The number of phenolic OH excluding ortho intramolecular Hbond substituents is 1. The summed E-state index contributed by atoms with van der Waals surface area (Å²) in [5.41, 5.74) is 1.05. The molecule has 18 heavy (non-hydrogen) atoms. The van der Waals surface area contributed by atoms with E-state index in [1.54, 1.807) is 6.07 Å². The van der Waals surface area contributed by atoms with Crippen molar-refractivity contribution in [3.8, 4) is 5.75 Å². The Bertz CT molecular complexity index is 266. The standard InChI is InChI=1S/C11H16O.CH4O.2CH4.2W/c1-8(2)9(3)10-6-4-5-7-11(10)12;1-2;;;;/h4-9,12H,1-3H3;2H,1H3;2*1H4;;. The molecule has 0 heterocycles. The van der Waals surface area contributed by atoms with Gasteiger partial charge in [0.25, 0.3) is 0 Å². The molecule has 1 aromatic rings. The van der Waals surface area contributed by atoms with Crippen LogP contribution in [0.1, 0.15) is 47.1 Å². The number of hydrogen-bond acceptors (Lipinski definition) is 2. The van der Waals surface area contributed by atoms with Crippen LogP contribution in [0, 0.1) is 5.92 Å². The summed E-state index contributed by atoms with van der Waals surface area (Å²) in [6.07, 6.45) is 0. The monoisotopic (exact) mass is 596 g/mol. The summed E-state index contributed by atoms with van der Waals surface area (Å²) in [7, 11) is 1.00. The minimum absolute atomic E-state index is 0. The fraction of sp³-hybridized carbons (Fsp3) is 0.571. The molecule has 0 amide bonds. The first-order valence-corrected chi connectivity index (χ1v) is 4.85. The van der Waals surface area contributed by atoms with E-state index < -0.39 is 0 Å². The van der Waals surface area contributed by atoms with Crippen LogP contribution in [0.3, 0.4) is 0 Å². The van der Waals surface area contributed by atoms with Crippen molar-refractivity contribution in [2.24, 2.45) is 5.92 Å². The Kier molecular flexibility index (Phi) is 29.9. The summed E-state index contributed by atoms with van der Waals surface area (Å²) < 4.78 is 0. The van der Waals surface area contributed by atoms with E-state index in [-0.39, 0.29) is 57.0 Å². The predicted octanol–water partition coefficient (Wildman–Crippen LogP) is 4.03. The molecule has 1 unspecified atom stereocenters. The molecule has 2 N–H and O–H groups in total. The molecule has 0 aliphatic heterocycles. The van der Waals surface area contributed by atoms with E-state index in [0.717, 1.165) is 12.7 Å². The van der Waals surface area contributed by atoms with Gasteiger partial charge in [0.05, 0.1) is 0 Å². The van der Waals surface area contributed by atoms with Gasteiger partial charge in [0.2, 0.25) is 0 Å².